The fourth-order valence-electron chi connectivity index (χ4n) is 5.97. The van der Waals surface area contributed by atoms with Crippen molar-refractivity contribution in [1.82, 2.24) is 24.9 Å². The first-order valence-electron chi connectivity index (χ1n) is 10.7. The molecule has 2 bridgehead atoms. The van der Waals surface area contributed by atoms with Crippen LogP contribution in [-0.4, -0.2) is 83.2 Å². The summed E-state index contributed by atoms with van der Waals surface area (Å²) in [5, 5.41) is 8.34. The van der Waals surface area contributed by atoms with Gasteiger partial charge in [-0.05, 0) is 57.8 Å². The Kier molecular flexibility index (Phi) is 4.63. The molecule has 1 amide bonds. The van der Waals surface area contributed by atoms with Gasteiger partial charge in [-0.3, -0.25) is 14.8 Å². The van der Waals surface area contributed by atoms with E-state index in [4.69, 9.17) is 0 Å². The number of para-hydroxylation sites is 1. The van der Waals surface area contributed by atoms with Gasteiger partial charge >= 0.3 is 0 Å². The molecule has 6 nitrogen and oxygen atoms in total. The van der Waals surface area contributed by atoms with Crippen LogP contribution in [0.3, 0.4) is 0 Å². The van der Waals surface area contributed by atoms with E-state index in [0.29, 0.717) is 29.6 Å². The summed E-state index contributed by atoms with van der Waals surface area (Å²) >= 11 is 0. The monoisotopic (exact) mass is 381 g/mol. The number of benzene rings is 1. The molecule has 0 aliphatic carbocycles. The van der Waals surface area contributed by atoms with Crippen LogP contribution in [0, 0.1) is 11.8 Å². The highest BCUT2D eigenvalue weighted by atomic mass is 16.2. The van der Waals surface area contributed by atoms with E-state index >= 15 is 0 Å². The van der Waals surface area contributed by atoms with Crippen LogP contribution in [0.2, 0.25) is 0 Å². The molecular formula is C22H31N5O. The highest BCUT2D eigenvalue weighted by Crippen LogP contribution is 2.41. The lowest BCUT2D eigenvalue weighted by Gasteiger charge is -2.57. The summed E-state index contributed by atoms with van der Waals surface area (Å²) < 4.78 is 0. The molecule has 0 saturated carbocycles. The molecule has 6 heteroatoms. The number of rotatable bonds is 3. The number of likely N-dealkylation sites (N-methyl/N-ethyl adjacent to an activating group) is 1. The first kappa shape index (κ1) is 18.1. The highest BCUT2D eigenvalue weighted by Gasteiger charge is 2.48. The number of carbonyl (C=O) groups excluding carboxylic acids is 1. The van der Waals surface area contributed by atoms with Gasteiger partial charge in [-0.2, -0.15) is 5.10 Å². The zero-order valence-electron chi connectivity index (χ0n) is 17.0. The molecule has 5 rings (SSSR count). The molecule has 3 aliphatic heterocycles. The minimum atomic E-state index is 0.0972. The molecule has 150 valence electrons. The van der Waals surface area contributed by atoms with Gasteiger partial charge in [0, 0.05) is 37.1 Å². The Balaban J connectivity index is 1.43. The largest absolute Gasteiger partial charge is 0.337 e. The molecule has 0 spiro atoms. The average molecular weight is 382 g/mol. The molecule has 3 saturated heterocycles. The normalized spacial score (nSPS) is 30.6. The van der Waals surface area contributed by atoms with Gasteiger partial charge in [-0.25, -0.2) is 0 Å². The van der Waals surface area contributed by atoms with Gasteiger partial charge in [0.15, 0.2) is 5.69 Å². The predicted octanol–water partition coefficient (Wildman–Crippen LogP) is 2.44. The van der Waals surface area contributed by atoms with Crippen LogP contribution in [0.4, 0.5) is 0 Å². The van der Waals surface area contributed by atoms with Gasteiger partial charge in [0.2, 0.25) is 0 Å². The number of amides is 1. The lowest BCUT2D eigenvalue weighted by Crippen LogP contribution is -2.65. The van der Waals surface area contributed by atoms with E-state index in [2.05, 4.69) is 39.0 Å². The van der Waals surface area contributed by atoms with Crippen molar-refractivity contribution in [3.63, 3.8) is 0 Å². The number of nitrogens with one attached hydrogen (secondary N) is 1. The summed E-state index contributed by atoms with van der Waals surface area (Å²) in [4.78, 5) is 20.6. The molecule has 4 heterocycles. The number of aromatic nitrogens is 2. The number of carbonyl (C=O) groups is 1. The number of hydrogen-bond acceptors (Lipinski definition) is 4. The topological polar surface area (TPSA) is 55.5 Å². The van der Waals surface area contributed by atoms with Crippen LogP contribution in [0.15, 0.2) is 24.3 Å². The summed E-state index contributed by atoms with van der Waals surface area (Å²) in [6.07, 6.45) is 5.20. The third kappa shape index (κ3) is 3.03. The summed E-state index contributed by atoms with van der Waals surface area (Å²) in [5.41, 5.74) is 1.52. The molecule has 28 heavy (non-hydrogen) atoms. The number of nitrogens with zero attached hydrogens (tertiary/aromatic N) is 4. The second-order valence-corrected chi connectivity index (χ2v) is 9.21. The molecule has 1 N–H and O–H groups in total. The second kappa shape index (κ2) is 7.16. The molecule has 3 fully saturated rings. The Morgan fingerprint density at radius 2 is 2.04 bits per heavy atom. The Morgan fingerprint density at radius 1 is 1.21 bits per heavy atom. The van der Waals surface area contributed by atoms with Crippen molar-refractivity contribution >= 4 is 16.8 Å². The standard InChI is InChI=1S/C22H31N5O/c1-25(2)14-20-16-11-15(19-9-5-6-10-27(19)20)12-26(13-16)22(28)21-17-7-3-4-8-18(17)23-24-21/h3-4,7-8,15-16,19-20H,5-6,9-14H2,1-2H3,(H,23,24)/t15-,16+,19+,20+/m1/s1. The molecule has 1 aromatic heterocycles. The van der Waals surface area contributed by atoms with Gasteiger partial charge in [0.1, 0.15) is 0 Å². The maximum Gasteiger partial charge on any atom is 0.275 e. The van der Waals surface area contributed by atoms with E-state index < -0.39 is 0 Å². The van der Waals surface area contributed by atoms with Gasteiger partial charge < -0.3 is 9.80 Å². The minimum absolute atomic E-state index is 0.0972. The summed E-state index contributed by atoms with van der Waals surface area (Å²) in [6, 6.07) is 9.13. The number of H-pyrrole nitrogens is 1. The van der Waals surface area contributed by atoms with E-state index in [-0.39, 0.29) is 5.91 Å². The van der Waals surface area contributed by atoms with Crippen LogP contribution in [0.5, 0.6) is 0 Å². The van der Waals surface area contributed by atoms with E-state index in [0.717, 1.165) is 30.5 Å². The number of piperidine rings is 3. The number of fused-ring (bicyclic) bond motifs is 5. The second-order valence-electron chi connectivity index (χ2n) is 9.21. The lowest BCUT2D eigenvalue weighted by atomic mass is 9.72. The SMILES string of the molecule is CN(C)C[C@H]1[C@H]2C[C@H](CN(C(=O)c3n[nH]c4ccccc34)C2)[C@@H]2CCCCN21. The van der Waals surface area contributed by atoms with Crippen molar-refractivity contribution in [2.75, 3.05) is 40.3 Å². The third-order valence-corrected chi connectivity index (χ3v) is 7.13. The van der Waals surface area contributed by atoms with Crippen molar-refractivity contribution in [3.05, 3.63) is 30.0 Å². The van der Waals surface area contributed by atoms with Gasteiger partial charge in [-0.1, -0.05) is 24.6 Å². The average Bonchev–Trinajstić information content (AvgIpc) is 3.14. The van der Waals surface area contributed by atoms with Gasteiger partial charge in [0.05, 0.1) is 5.52 Å². The molecular weight excluding hydrogens is 350 g/mol. The number of hydrogen-bond donors (Lipinski definition) is 1. The molecule has 2 aromatic rings. The Morgan fingerprint density at radius 3 is 2.89 bits per heavy atom. The third-order valence-electron chi connectivity index (χ3n) is 7.13. The smallest absolute Gasteiger partial charge is 0.275 e. The van der Waals surface area contributed by atoms with E-state index in [9.17, 15) is 4.79 Å². The highest BCUT2D eigenvalue weighted by molar-refractivity contribution is 6.04. The van der Waals surface area contributed by atoms with Crippen molar-refractivity contribution in [3.8, 4) is 0 Å². The zero-order valence-corrected chi connectivity index (χ0v) is 17.0. The number of likely N-dealkylation sites (tertiary alicyclic amines) is 1. The maximum absolute atomic E-state index is 13.4. The molecule has 3 aliphatic rings. The van der Waals surface area contributed by atoms with Crippen LogP contribution in [-0.2, 0) is 0 Å². The zero-order chi connectivity index (χ0) is 19.3. The molecule has 0 unspecified atom stereocenters. The van der Waals surface area contributed by atoms with Gasteiger partial charge in [-0.15, -0.1) is 0 Å². The first-order valence-corrected chi connectivity index (χ1v) is 10.7. The van der Waals surface area contributed by atoms with E-state index in [1.807, 2.05) is 24.3 Å². The summed E-state index contributed by atoms with van der Waals surface area (Å²) in [6.45, 7) is 4.06. The Hall–Kier alpha value is -1.92. The first-order chi connectivity index (χ1) is 13.6. The Labute approximate surface area is 166 Å². The van der Waals surface area contributed by atoms with Crippen LogP contribution in [0.1, 0.15) is 36.2 Å². The van der Waals surface area contributed by atoms with Crippen molar-refractivity contribution < 1.29 is 4.79 Å². The maximum atomic E-state index is 13.4. The van der Waals surface area contributed by atoms with E-state index in [1.54, 1.807) is 0 Å². The Bertz CT molecular complexity index is 861. The molecule has 0 radical (unpaired) electrons. The predicted molar refractivity (Wildman–Crippen MR) is 110 cm³/mol. The van der Waals surface area contributed by atoms with Crippen molar-refractivity contribution in [2.45, 2.75) is 37.8 Å². The molecule has 1 aromatic carbocycles. The van der Waals surface area contributed by atoms with Gasteiger partial charge in [0.25, 0.3) is 5.91 Å². The van der Waals surface area contributed by atoms with Crippen molar-refractivity contribution in [2.24, 2.45) is 11.8 Å². The minimum Gasteiger partial charge on any atom is -0.337 e. The van der Waals surface area contributed by atoms with E-state index in [1.165, 1.54) is 32.2 Å². The fourth-order valence-corrected chi connectivity index (χ4v) is 5.97. The quantitative estimate of drug-likeness (QED) is 0.887. The van der Waals surface area contributed by atoms with Crippen LogP contribution >= 0.6 is 0 Å². The molecule has 4 atom stereocenters. The fraction of sp³-hybridized carbons (Fsp3) is 0.636. The summed E-state index contributed by atoms with van der Waals surface area (Å²) in [7, 11) is 4.35. The number of aromatic amines is 1. The lowest BCUT2D eigenvalue weighted by molar-refractivity contribution is -0.0703. The van der Waals surface area contributed by atoms with Crippen LogP contribution < -0.4 is 0 Å². The van der Waals surface area contributed by atoms with Crippen LogP contribution in [0.25, 0.3) is 10.9 Å². The van der Waals surface area contributed by atoms with Crippen molar-refractivity contribution in [1.29, 1.82) is 0 Å². The summed E-state index contributed by atoms with van der Waals surface area (Å²) in [5.74, 6) is 1.26.